The molecule has 0 fully saturated rings. The summed E-state index contributed by atoms with van der Waals surface area (Å²) in [5.74, 6) is 4.09. The molecule has 1 aliphatic carbocycles. The van der Waals surface area contributed by atoms with Crippen LogP contribution in [0.4, 0.5) is 0 Å². The van der Waals surface area contributed by atoms with Gasteiger partial charge in [0.05, 0.1) is 16.8 Å². The summed E-state index contributed by atoms with van der Waals surface area (Å²) in [4.78, 5) is 25.7. The van der Waals surface area contributed by atoms with Gasteiger partial charge in [-0.25, -0.2) is 24.9 Å². The van der Waals surface area contributed by atoms with Gasteiger partial charge >= 0.3 is 0 Å². The molecular formula is C72H49N5O2. The average molecular weight is 1020 g/mol. The third-order valence-corrected chi connectivity index (χ3v) is 15.8. The van der Waals surface area contributed by atoms with Crippen LogP contribution in [0.3, 0.4) is 0 Å². The van der Waals surface area contributed by atoms with E-state index in [9.17, 15) is 0 Å². The van der Waals surface area contributed by atoms with Crippen molar-refractivity contribution in [3.8, 4) is 102 Å². The molecule has 0 N–H and O–H groups in total. The molecule has 4 heterocycles. The Hall–Kier alpha value is -10.1. The van der Waals surface area contributed by atoms with Crippen LogP contribution in [-0.2, 0) is 11.8 Å². The maximum absolute atomic E-state index is 7.12. The molecule has 0 saturated carbocycles. The van der Waals surface area contributed by atoms with Crippen molar-refractivity contribution in [3.63, 3.8) is 0 Å². The van der Waals surface area contributed by atoms with E-state index in [2.05, 4.69) is 153 Å². The first-order valence-electron chi connectivity index (χ1n) is 27.1. The average Bonchev–Trinajstić information content (AvgIpc) is 4.18. The molecule has 2 aliphatic rings. The first-order chi connectivity index (χ1) is 39.1. The first kappa shape index (κ1) is 46.2. The zero-order valence-corrected chi connectivity index (χ0v) is 43.3. The minimum Gasteiger partial charge on any atom is -0.457 e. The minimum absolute atomic E-state index is 0.579. The van der Waals surface area contributed by atoms with Crippen LogP contribution >= 0.6 is 0 Å². The molecule has 3 aromatic heterocycles. The second-order valence-corrected chi connectivity index (χ2v) is 20.5. The van der Waals surface area contributed by atoms with Crippen molar-refractivity contribution < 1.29 is 9.15 Å². The van der Waals surface area contributed by atoms with Gasteiger partial charge in [0.1, 0.15) is 22.7 Å². The molecule has 374 valence electrons. The highest BCUT2D eigenvalue weighted by Gasteiger charge is 2.51. The van der Waals surface area contributed by atoms with E-state index < -0.39 is 5.41 Å². The van der Waals surface area contributed by atoms with Gasteiger partial charge in [0.25, 0.3) is 0 Å². The number of furan rings is 1. The number of para-hydroxylation sites is 1. The highest BCUT2D eigenvalue weighted by molar-refractivity contribution is 6.13. The molecular weight excluding hydrogens is 967 g/mol. The Balaban J connectivity index is 0.913. The third kappa shape index (κ3) is 7.76. The smallest absolute Gasteiger partial charge is 0.164 e. The van der Waals surface area contributed by atoms with Gasteiger partial charge in [-0.05, 0) is 94.3 Å². The van der Waals surface area contributed by atoms with Gasteiger partial charge < -0.3 is 9.15 Å². The number of hydrogen-bond donors (Lipinski definition) is 0. The fraction of sp³-hybridized carbons (Fsp3) is 0.0694. The van der Waals surface area contributed by atoms with Crippen LogP contribution in [0.15, 0.2) is 247 Å². The molecule has 0 bridgehead atoms. The van der Waals surface area contributed by atoms with Crippen LogP contribution in [0.2, 0.25) is 0 Å². The van der Waals surface area contributed by atoms with Crippen molar-refractivity contribution in [2.45, 2.75) is 31.6 Å². The number of aryl methyl sites for hydroxylation is 1. The van der Waals surface area contributed by atoms with Gasteiger partial charge in [0, 0.05) is 55.3 Å². The largest absolute Gasteiger partial charge is 0.457 e. The lowest BCUT2D eigenvalue weighted by Crippen LogP contribution is -2.32. The Labute approximate surface area is 457 Å². The molecule has 0 radical (unpaired) electrons. The first-order valence-corrected chi connectivity index (χ1v) is 27.1. The molecule has 79 heavy (non-hydrogen) atoms. The molecule has 1 atom stereocenters. The summed E-state index contributed by atoms with van der Waals surface area (Å²) in [6.07, 6.45) is 3.23. The number of ether oxygens (including phenoxy) is 1. The van der Waals surface area contributed by atoms with E-state index in [4.69, 9.17) is 34.1 Å². The van der Waals surface area contributed by atoms with E-state index in [1.54, 1.807) is 0 Å². The lowest BCUT2D eigenvalue weighted by molar-refractivity contribution is 0.436. The summed E-state index contributed by atoms with van der Waals surface area (Å²) in [6.45, 7) is 2.26. The lowest BCUT2D eigenvalue weighted by Gasteiger charge is -2.39. The SMILES string of the molecule is CCCCc1ccc2c(c1)C1(c3ccccc3Oc3cc(-c4cc(-c5ccccc5)nc(-c5ccccc5)n4)ccc31)c1cc(-c3ccc4oc5cccc(-c6nc(-c7ccccc7)nc(-c7ccccc7)n6)c5c4c3)ccc1-2. The standard InChI is InChI=1S/C72H49N5O2/c1-2-3-19-45-32-36-53-54-37-33-51(50-35-39-63-56(41-50)67-55(28-18-31-65(67)78-63)71-76-69(48-24-12-6-13-25-48)75-70(77-71)49-26-14-7-15-27-49)42-60(54)72(59(53)40-45)57-29-16-17-30-64(57)79-66-43-52(34-38-58(66)72)62-44-61(46-20-8-4-9-21-46)73-68(74-62)47-22-10-5-11-23-47/h4-18,20-44H,2-3,19H2,1H3. The molecule has 0 amide bonds. The molecule has 13 aromatic rings. The molecule has 7 heteroatoms. The quantitative estimate of drug-likeness (QED) is 0.135. The van der Waals surface area contributed by atoms with E-state index in [-0.39, 0.29) is 0 Å². The summed E-state index contributed by atoms with van der Waals surface area (Å²) in [6, 6.07) is 85.1. The second-order valence-electron chi connectivity index (χ2n) is 20.5. The lowest BCUT2D eigenvalue weighted by atomic mass is 9.65. The Kier molecular flexibility index (Phi) is 11.0. The molecule has 1 aliphatic heterocycles. The Bertz CT molecular complexity index is 4390. The predicted molar refractivity (Wildman–Crippen MR) is 317 cm³/mol. The van der Waals surface area contributed by atoms with Gasteiger partial charge in [0.15, 0.2) is 23.3 Å². The molecule has 0 saturated heterocycles. The van der Waals surface area contributed by atoms with E-state index in [0.717, 1.165) is 120 Å². The van der Waals surface area contributed by atoms with E-state index in [0.29, 0.717) is 23.3 Å². The van der Waals surface area contributed by atoms with Gasteiger partial charge in [0.2, 0.25) is 0 Å². The maximum atomic E-state index is 7.12. The number of rotatable bonds is 10. The number of aromatic nitrogens is 5. The second kappa shape index (κ2) is 18.9. The third-order valence-electron chi connectivity index (χ3n) is 15.8. The van der Waals surface area contributed by atoms with Gasteiger partial charge in [-0.3, -0.25) is 0 Å². The summed E-state index contributed by atoms with van der Waals surface area (Å²) in [5.41, 5.74) is 18.7. The summed E-state index contributed by atoms with van der Waals surface area (Å²) >= 11 is 0. The number of fused-ring (bicyclic) bond motifs is 12. The zero-order chi connectivity index (χ0) is 52.4. The molecule has 1 unspecified atom stereocenters. The zero-order valence-electron chi connectivity index (χ0n) is 43.3. The van der Waals surface area contributed by atoms with Crippen LogP contribution in [0.25, 0.3) is 112 Å². The van der Waals surface area contributed by atoms with Crippen molar-refractivity contribution in [3.05, 3.63) is 270 Å². The Morgan fingerprint density at radius 3 is 1.61 bits per heavy atom. The normalized spacial score (nSPS) is 13.9. The molecule has 1 spiro atoms. The Morgan fingerprint density at radius 1 is 0.354 bits per heavy atom. The van der Waals surface area contributed by atoms with Crippen LogP contribution in [0.5, 0.6) is 11.5 Å². The van der Waals surface area contributed by atoms with Gasteiger partial charge in [-0.2, -0.15) is 0 Å². The fourth-order valence-electron chi connectivity index (χ4n) is 12.1. The van der Waals surface area contributed by atoms with Crippen molar-refractivity contribution in [1.29, 1.82) is 0 Å². The fourth-order valence-corrected chi connectivity index (χ4v) is 12.1. The van der Waals surface area contributed by atoms with E-state index >= 15 is 0 Å². The van der Waals surface area contributed by atoms with Gasteiger partial charge in [-0.1, -0.05) is 214 Å². The van der Waals surface area contributed by atoms with Crippen LogP contribution in [0.1, 0.15) is 47.6 Å². The topological polar surface area (TPSA) is 86.8 Å². The maximum Gasteiger partial charge on any atom is 0.164 e. The number of benzene rings is 10. The summed E-state index contributed by atoms with van der Waals surface area (Å²) < 4.78 is 13.8. The van der Waals surface area contributed by atoms with E-state index in [1.165, 1.54) is 27.8 Å². The number of hydrogen-bond acceptors (Lipinski definition) is 7. The summed E-state index contributed by atoms with van der Waals surface area (Å²) in [7, 11) is 0. The monoisotopic (exact) mass is 1020 g/mol. The highest BCUT2D eigenvalue weighted by atomic mass is 16.5. The molecule has 10 aromatic carbocycles. The van der Waals surface area contributed by atoms with Crippen molar-refractivity contribution in [1.82, 2.24) is 24.9 Å². The number of unbranched alkanes of at least 4 members (excludes halogenated alkanes) is 1. The van der Waals surface area contributed by atoms with Crippen LogP contribution in [-0.4, -0.2) is 24.9 Å². The number of nitrogens with zero attached hydrogens (tertiary/aromatic N) is 5. The molecule has 7 nitrogen and oxygen atoms in total. The van der Waals surface area contributed by atoms with Crippen LogP contribution < -0.4 is 4.74 Å². The Morgan fingerprint density at radius 2 is 0.911 bits per heavy atom. The predicted octanol–water partition coefficient (Wildman–Crippen LogP) is 18.0. The summed E-state index contributed by atoms with van der Waals surface area (Å²) in [5, 5.41) is 1.93. The van der Waals surface area contributed by atoms with Crippen LogP contribution in [0, 0.1) is 0 Å². The van der Waals surface area contributed by atoms with Crippen molar-refractivity contribution >= 4 is 21.9 Å². The minimum atomic E-state index is -0.715. The van der Waals surface area contributed by atoms with Gasteiger partial charge in [-0.15, -0.1) is 0 Å². The van der Waals surface area contributed by atoms with Crippen molar-refractivity contribution in [2.75, 3.05) is 0 Å². The molecule has 15 rings (SSSR count). The van der Waals surface area contributed by atoms with E-state index in [1.807, 2.05) is 97.1 Å². The highest BCUT2D eigenvalue weighted by Crippen LogP contribution is 2.63. The van der Waals surface area contributed by atoms with Crippen molar-refractivity contribution in [2.24, 2.45) is 0 Å².